The van der Waals surface area contributed by atoms with E-state index in [0.29, 0.717) is 17.2 Å². The minimum atomic E-state index is -3.88. The maximum Gasteiger partial charge on any atom is 0.255 e. The van der Waals surface area contributed by atoms with E-state index in [1.807, 2.05) is 30.3 Å². The van der Waals surface area contributed by atoms with Gasteiger partial charge in [-0.2, -0.15) is 0 Å². The van der Waals surface area contributed by atoms with Gasteiger partial charge in [-0.1, -0.05) is 42.5 Å². The molecule has 1 amide bonds. The summed E-state index contributed by atoms with van der Waals surface area (Å²) < 4.78 is 45.3. The van der Waals surface area contributed by atoms with Crippen LogP contribution in [0.3, 0.4) is 0 Å². The number of sulfonamides is 1. The van der Waals surface area contributed by atoms with Crippen molar-refractivity contribution in [3.63, 3.8) is 0 Å². The molecule has 0 aliphatic carbocycles. The molecule has 3 rings (SSSR count). The van der Waals surface area contributed by atoms with Crippen LogP contribution < -0.4 is 24.2 Å². The van der Waals surface area contributed by atoms with Gasteiger partial charge in [0.2, 0.25) is 15.8 Å². The first-order chi connectivity index (χ1) is 16.5. The predicted molar refractivity (Wildman–Crippen MR) is 135 cm³/mol. The fourth-order valence-corrected chi connectivity index (χ4v) is 4.92. The molecule has 0 atom stereocenters. The largest absolute Gasteiger partial charge is 0.493 e. The number of methoxy groups -OCH3 is 2. The van der Waals surface area contributed by atoms with Gasteiger partial charge in [0, 0.05) is 11.1 Å². The van der Waals surface area contributed by atoms with Crippen molar-refractivity contribution in [1.29, 1.82) is 0 Å². The van der Waals surface area contributed by atoms with Crippen molar-refractivity contribution in [2.45, 2.75) is 37.8 Å². The number of rotatable bonds is 9. The molecule has 0 aromatic heterocycles. The second-order valence-electron chi connectivity index (χ2n) is 8.79. The first-order valence-corrected chi connectivity index (χ1v) is 12.4. The first-order valence-electron chi connectivity index (χ1n) is 10.9. The quantitative estimate of drug-likeness (QED) is 0.447. The number of ether oxygens (including phenoxy) is 3. The third-order valence-electron chi connectivity index (χ3n) is 4.81. The Bertz CT molecular complexity index is 1260. The third kappa shape index (κ3) is 6.74. The van der Waals surface area contributed by atoms with Gasteiger partial charge in [0.15, 0.2) is 11.5 Å². The van der Waals surface area contributed by atoms with Gasteiger partial charge < -0.3 is 19.5 Å². The molecule has 0 heterocycles. The molecule has 35 heavy (non-hydrogen) atoms. The van der Waals surface area contributed by atoms with Gasteiger partial charge in [0.05, 0.1) is 19.9 Å². The van der Waals surface area contributed by atoms with Crippen LogP contribution >= 0.6 is 0 Å². The lowest BCUT2D eigenvalue weighted by Gasteiger charge is -2.21. The van der Waals surface area contributed by atoms with Gasteiger partial charge in [-0.15, -0.1) is 0 Å². The third-order valence-corrected chi connectivity index (χ3v) is 6.63. The van der Waals surface area contributed by atoms with Crippen LogP contribution in [0.2, 0.25) is 0 Å². The summed E-state index contributed by atoms with van der Waals surface area (Å²) in [6.45, 7) is 5.51. The summed E-state index contributed by atoms with van der Waals surface area (Å²) in [6.07, 6.45) is 0. The lowest BCUT2D eigenvalue weighted by Crippen LogP contribution is -2.40. The van der Waals surface area contributed by atoms with Crippen LogP contribution in [0.1, 0.15) is 36.7 Å². The van der Waals surface area contributed by atoms with Gasteiger partial charge in [0.1, 0.15) is 11.5 Å². The highest BCUT2D eigenvalue weighted by Crippen LogP contribution is 2.39. The molecular formula is C26H30N2O6S. The Kier molecular flexibility index (Phi) is 8.03. The molecular weight excluding hydrogens is 468 g/mol. The molecule has 0 spiro atoms. The van der Waals surface area contributed by atoms with E-state index >= 15 is 0 Å². The Morgan fingerprint density at radius 2 is 1.46 bits per heavy atom. The fraction of sp³-hybridized carbons (Fsp3) is 0.269. The Hall–Kier alpha value is -3.56. The number of anilines is 1. The lowest BCUT2D eigenvalue weighted by molar-refractivity contribution is 0.102. The number of hydrogen-bond acceptors (Lipinski definition) is 6. The van der Waals surface area contributed by atoms with E-state index in [0.717, 1.165) is 5.56 Å². The summed E-state index contributed by atoms with van der Waals surface area (Å²) in [5.74, 6) is 0.434. The molecule has 2 N–H and O–H groups in total. The van der Waals surface area contributed by atoms with Gasteiger partial charge >= 0.3 is 0 Å². The average Bonchev–Trinajstić information content (AvgIpc) is 2.81. The number of para-hydroxylation sites is 1. The van der Waals surface area contributed by atoms with Crippen LogP contribution in [0.15, 0.2) is 71.6 Å². The number of nitrogens with one attached hydrogen (secondary N) is 2. The molecule has 0 bridgehead atoms. The second kappa shape index (κ2) is 10.8. The summed E-state index contributed by atoms with van der Waals surface area (Å²) in [6, 6.07) is 18.8. The lowest BCUT2D eigenvalue weighted by atomic mass is 10.1. The van der Waals surface area contributed by atoms with E-state index in [4.69, 9.17) is 14.2 Å². The topological polar surface area (TPSA) is 103 Å². The maximum absolute atomic E-state index is 13.1. The Labute approximate surface area is 206 Å². The van der Waals surface area contributed by atoms with Crippen LogP contribution in [0.25, 0.3) is 0 Å². The number of benzene rings is 3. The molecule has 0 fully saturated rings. The van der Waals surface area contributed by atoms with E-state index in [9.17, 15) is 13.2 Å². The van der Waals surface area contributed by atoms with Crippen molar-refractivity contribution in [3.8, 4) is 17.2 Å². The highest BCUT2D eigenvalue weighted by molar-refractivity contribution is 7.89. The minimum absolute atomic E-state index is 0.0370. The van der Waals surface area contributed by atoms with Crippen molar-refractivity contribution in [1.82, 2.24) is 4.72 Å². The highest BCUT2D eigenvalue weighted by Gasteiger charge is 2.26. The zero-order valence-electron chi connectivity index (χ0n) is 20.4. The van der Waals surface area contributed by atoms with Crippen molar-refractivity contribution in [3.05, 3.63) is 77.9 Å². The van der Waals surface area contributed by atoms with Gasteiger partial charge in [-0.3, -0.25) is 4.79 Å². The second-order valence-corrected chi connectivity index (χ2v) is 10.4. The van der Waals surface area contributed by atoms with Gasteiger partial charge in [-0.25, -0.2) is 13.1 Å². The Morgan fingerprint density at radius 3 is 2.03 bits per heavy atom. The molecule has 9 heteroatoms. The van der Waals surface area contributed by atoms with Gasteiger partial charge in [-0.05, 0) is 50.6 Å². The van der Waals surface area contributed by atoms with E-state index in [2.05, 4.69) is 10.0 Å². The summed E-state index contributed by atoms with van der Waals surface area (Å²) >= 11 is 0. The number of carbonyl (C=O) groups excluding carboxylic acids is 1. The molecule has 0 aliphatic rings. The zero-order valence-corrected chi connectivity index (χ0v) is 21.2. The van der Waals surface area contributed by atoms with Crippen molar-refractivity contribution >= 4 is 21.6 Å². The van der Waals surface area contributed by atoms with Crippen molar-refractivity contribution < 1.29 is 27.4 Å². The van der Waals surface area contributed by atoms with E-state index in [-0.39, 0.29) is 22.8 Å². The normalized spacial score (nSPS) is 11.6. The van der Waals surface area contributed by atoms with Crippen LogP contribution in [0, 0.1) is 0 Å². The van der Waals surface area contributed by atoms with E-state index in [1.165, 1.54) is 38.5 Å². The minimum Gasteiger partial charge on any atom is -0.493 e. The molecule has 0 aliphatic heterocycles. The highest BCUT2D eigenvalue weighted by atomic mass is 32.2. The number of hydrogen-bond donors (Lipinski definition) is 2. The number of amides is 1. The molecule has 0 saturated heterocycles. The van der Waals surface area contributed by atoms with Gasteiger partial charge in [0.25, 0.3) is 5.91 Å². The summed E-state index contributed by atoms with van der Waals surface area (Å²) in [7, 11) is -0.948. The smallest absolute Gasteiger partial charge is 0.255 e. The average molecular weight is 499 g/mol. The first kappa shape index (κ1) is 26.1. The molecule has 186 valence electrons. The SMILES string of the molecule is COc1cc(C(=O)Nc2ccccc2S(=O)(=O)NC(C)(C)C)cc(OC)c1OCc1ccccc1. The Morgan fingerprint density at radius 1 is 0.886 bits per heavy atom. The monoisotopic (exact) mass is 498 g/mol. The molecule has 0 unspecified atom stereocenters. The summed E-state index contributed by atoms with van der Waals surface area (Å²) in [5, 5.41) is 2.69. The standard InChI is InChI=1S/C26H30N2O6S/c1-26(2,3)28-35(30,31)23-14-10-9-13-20(23)27-25(29)19-15-21(32-4)24(22(16-19)33-5)34-17-18-11-7-6-8-12-18/h6-16,28H,17H2,1-5H3,(H,27,29). The Balaban J connectivity index is 1.89. The zero-order chi connectivity index (χ0) is 25.6. The maximum atomic E-state index is 13.1. The van der Waals surface area contributed by atoms with Crippen LogP contribution in [-0.2, 0) is 16.6 Å². The molecule has 8 nitrogen and oxygen atoms in total. The van der Waals surface area contributed by atoms with E-state index in [1.54, 1.807) is 32.9 Å². The molecule has 3 aromatic rings. The van der Waals surface area contributed by atoms with Crippen molar-refractivity contribution in [2.24, 2.45) is 0 Å². The predicted octanol–water partition coefficient (Wildman–Crippen LogP) is 4.61. The summed E-state index contributed by atoms with van der Waals surface area (Å²) in [5.41, 5.74) is 0.630. The van der Waals surface area contributed by atoms with E-state index < -0.39 is 21.5 Å². The van der Waals surface area contributed by atoms with Crippen molar-refractivity contribution in [2.75, 3.05) is 19.5 Å². The molecule has 0 saturated carbocycles. The molecule has 3 aromatic carbocycles. The molecule has 0 radical (unpaired) electrons. The van der Waals surface area contributed by atoms with Crippen LogP contribution in [0.4, 0.5) is 5.69 Å². The number of carbonyl (C=O) groups is 1. The summed E-state index contributed by atoms with van der Waals surface area (Å²) in [4.78, 5) is 13.1. The van der Waals surface area contributed by atoms with Crippen LogP contribution in [-0.4, -0.2) is 34.1 Å². The fourth-order valence-electron chi connectivity index (χ4n) is 3.34. The van der Waals surface area contributed by atoms with Crippen LogP contribution in [0.5, 0.6) is 17.2 Å².